The van der Waals surface area contributed by atoms with Crippen molar-refractivity contribution in [1.82, 2.24) is 0 Å². The first-order valence-corrected chi connectivity index (χ1v) is 8.75. The molecule has 2 aromatic carbocycles. The summed E-state index contributed by atoms with van der Waals surface area (Å²) in [4.78, 5) is 0. The summed E-state index contributed by atoms with van der Waals surface area (Å²) >= 11 is 11.6. The van der Waals surface area contributed by atoms with Crippen molar-refractivity contribution in [3.05, 3.63) is 74.6 Å². The van der Waals surface area contributed by atoms with Crippen molar-refractivity contribution >= 4 is 45.2 Å². The summed E-state index contributed by atoms with van der Waals surface area (Å²) in [5.74, 6) is -0.838. The molecule has 0 amide bonds. The second-order valence-corrected chi connectivity index (χ2v) is 7.09. The Morgan fingerprint density at radius 3 is 2.42 bits per heavy atom. The van der Waals surface area contributed by atoms with Gasteiger partial charge in [-0.25, -0.2) is 0 Å². The maximum Gasteiger partial charge on any atom is 1.00 e. The van der Waals surface area contributed by atoms with Crippen molar-refractivity contribution < 1.29 is 43.1 Å². The van der Waals surface area contributed by atoms with Gasteiger partial charge in [0, 0.05) is 15.9 Å². The molecule has 0 fully saturated rings. The first-order valence-electron chi connectivity index (χ1n) is 6.49. The number of sulfonamides is 1. The van der Waals surface area contributed by atoms with Crippen LogP contribution in [0.3, 0.4) is 0 Å². The molecule has 0 aliphatic rings. The van der Waals surface area contributed by atoms with Crippen LogP contribution in [0.2, 0.25) is 10.0 Å². The molecule has 0 bridgehead atoms. The van der Waals surface area contributed by atoms with Crippen LogP contribution in [0, 0.1) is 6.92 Å². The molecule has 0 aliphatic heterocycles. The fraction of sp³-hybridized carbons (Fsp3) is 0.0625. The second-order valence-electron chi connectivity index (χ2n) is 4.73. The van der Waals surface area contributed by atoms with Crippen molar-refractivity contribution in [2.45, 2.75) is 6.92 Å². The van der Waals surface area contributed by atoms with Gasteiger partial charge in [0.25, 0.3) is 10.0 Å². The third-order valence-corrected chi connectivity index (χ3v) is 4.28. The molecule has 0 aromatic heterocycles. The molecule has 120 valence electrons. The van der Waals surface area contributed by atoms with Gasteiger partial charge >= 0.3 is 29.6 Å². The molecule has 0 N–H and O–H groups in total. The maximum absolute atomic E-state index is 12.0. The van der Waals surface area contributed by atoms with Crippen molar-refractivity contribution in [3.8, 4) is 0 Å². The van der Waals surface area contributed by atoms with E-state index in [1.54, 1.807) is 37.3 Å². The Morgan fingerprint density at radius 2 is 1.79 bits per heavy atom. The Bertz CT molecular complexity index is 896. The second kappa shape index (κ2) is 9.04. The Morgan fingerprint density at radius 1 is 1.12 bits per heavy atom. The predicted octanol–water partition coefficient (Wildman–Crippen LogP) is 0.413. The molecule has 0 heterocycles. The Hall–Kier alpha value is -0.820. The van der Waals surface area contributed by atoms with E-state index in [1.165, 1.54) is 18.2 Å². The van der Waals surface area contributed by atoms with Crippen LogP contribution < -0.4 is 34.7 Å². The topological polar surface area (TPSA) is 69.6 Å². The molecule has 2 aromatic rings. The number of hydrogen-bond donors (Lipinski definition) is 0. The third-order valence-electron chi connectivity index (χ3n) is 2.91. The molecule has 24 heavy (non-hydrogen) atoms. The molecule has 4 nitrogen and oxygen atoms in total. The van der Waals surface area contributed by atoms with Crippen LogP contribution in [0.1, 0.15) is 16.7 Å². The molecular weight excluding hydrogens is 380 g/mol. The smallest absolute Gasteiger partial charge is 0.858 e. The fourth-order valence-electron chi connectivity index (χ4n) is 1.84. The van der Waals surface area contributed by atoms with Crippen molar-refractivity contribution in [2.75, 3.05) is 0 Å². The first-order chi connectivity index (χ1) is 10.8. The SMILES string of the molecule is Cc1cc(Cl)ccc1/C([O-])=N/S(=O)(=O)/C=C/c1cccc(Cl)c1.[Na+]. The zero-order valence-corrected chi connectivity index (χ0v) is 17.4. The standard InChI is InChI=1S/C16H13Cl2NO3S.Na/c1-11-9-14(18)5-6-15(11)16(20)19-23(21,22)8-7-12-3-2-4-13(17)10-12;/h2-10H,1H3,(H,19,20);/q;+1/p-1/b8-7+;. The zero-order valence-electron chi connectivity index (χ0n) is 13.0. The van der Waals surface area contributed by atoms with E-state index in [0.717, 1.165) is 5.41 Å². The van der Waals surface area contributed by atoms with Gasteiger partial charge in [0.05, 0.1) is 5.41 Å². The number of nitrogens with zero attached hydrogens (tertiary/aromatic N) is 1. The summed E-state index contributed by atoms with van der Waals surface area (Å²) in [5, 5.41) is 13.8. The maximum atomic E-state index is 12.0. The van der Waals surface area contributed by atoms with Crippen molar-refractivity contribution in [1.29, 1.82) is 0 Å². The summed E-state index contributed by atoms with van der Waals surface area (Å²) in [6.07, 6.45) is 1.33. The number of aryl methyl sites for hydroxylation is 1. The van der Waals surface area contributed by atoms with Crippen LogP contribution in [-0.2, 0) is 10.0 Å². The summed E-state index contributed by atoms with van der Waals surface area (Å²) < 4.78 is 27.1. The largest absolute Gasteiger partial charge is 1.00 e. The third kappa shape index (κ3) is 6.24. The van der Waals surface area contributed by atoms with Gasteiger partial charge < -0.3 is 5.11 Å². The van der Waals surface area contributed by atoms with E-state index in [9.17, 15) is 13.5 Å². The molecule has 8 heteroatoms. The van der Waals surface area contributed by atoms with Gasteiger partial charge in [0.1, 0.15) is 0 Å². The van der Waals surface area contributed by atoms with Crippen LogP contribution >= 0.6 is 23.2 Å². The van der Waals surface area contributed by atoms with Gasteiger partial charge in [-0.2, -0.15) is 12.8 Å². The molecule has 0 unspecified atom stereocenters. The van der Waals surface area contributed by atoms with Crippen LogP contribution in [-0.4, -0.2) is 14.3 Å². The van der Waals surface area contributed by atoms with Crippen LogP contribution in [0.15, 0.2) is 52.3 Å². The van der Waals surface area contributed by atoms with Gasteiger partial charge in [-0.05, 0) is 54.0 Å². The number of rotatable bonds is 4. The molecule has 0 saturated heterocycles. The van der Waals surface area contributed by atoms with E-state index in [4.69, 9.17) is 23.2 Å². The molecule has 2 rings (SSSR count). The molecule has 0 aliphatic carbocycles. The fourth-order valence-corrected chi connectivity index (χ4v) is 2.98. The van der Waals surface area contributed by atoms with Gasteiger partial charge in [-0.15, -0.1) is 0 Å². The van der Waals surface area contributed by atoms with Crippen molar-refractivity contribution in [2.24, 2.45) is 4.40 Å². The molecular formula is C16H12Cl2NNaO3S. The van der Waals surface area contributed by atoms with E-state index in [0.29, 0.717) is 21.2 Å². The van der Waals surface area contributed by atoms with Crippen molar-refractivity contribution in [3.63, 3.8) is 0 Å². The van der Waals surface area contributed by atoms with E-state index >= 15 is 0 Å². The first kappa shape index (κ1) is 21.2. The van der Waals surface area contributed by atoms with Gasteiger partial charge in [0.2, 0.25) is 0 Å². The van der Waals surface area contributed by atoms with Gasteiger partial charge in [0.15, 0.2) is 0 Å². The van der Waals surface area contributed by atoms with Crippen LogP contribution in [0.4, 0.5) is 0 Å². The van der Waals surface area contributed by atoms with E-state index in [1.807, 2.05) is 0 Å². The van der Waals surface area contributed by atoms with Crippen LogP contribution in [0.25, 0.3) is 6.08 Å². The van der Waals surface area contributed by atoms with E-state index < -0.39 is 15.9 Å². The Kier molecular flexibility index (Phi) is 7.99. The minimum absolute atomic E-state index is 0. The predicted molar refractivity (Wildman–Crippen MR) is 92.1 cm³/mol. The van der Waals surface area contributed by atoms with E-state index in [2.05, 4.69) is 4.40 Å². The monoisotopic (exact) mass is 391 g/mol. The number of hydrogen-bond acceptors (Lipinski definition) is 3. The molecule has 0 spiro atoms. The number of benzene rings is 2. The van der Waals surface area contributed by atoms with E-state index in [-0.39, 0.29) is 35.1 Å². The normalized spacial score (nSPS) is 12.2. The molecule has 0 saturated carbocycles. The summed E-state index contributed by atoms with van der Waals surface area (Å²) in [5.41, 5.74) is 1.33. The van der Waals surface area contributed by atoms with Gasteiger partial charge in [-0.3, -0.25) is 0 Å². The minimum Gasteiger partial charge on any atom is -0.858 e. The molecule has 0 radical (unpaired) electrons. The minimum atomic E-state index is -4.05. The molecule has 0 atom stereocenters. The van der Waals surface area contributed by atoms with Gasteiger partial charge in [-0.1, -0.05) is 41.4 Å². The Labute approximate surface area is 173 Å². The zero-order chi connectivity index (χ0) is 17.0. The quantitative estimate of drug-likeness (QED) is 0.430. The van der Waals surface area contributed by atoms with Crippen LogP contribution in [0.5, 0.6) is 0 Å². The summed E-state index contributed by atoms with van der Waals surface area (Å²) in [6.45, 7) is 1.66. The summed E-state index contributed by atoms with van der Waals surface area (Å²) in [6, 6.07) is 11.2. The number of halogens is 2. The average Bonchev–Trinajstić information content (AvgIpc) is 2.44. The average molecular weight is 392 g/mol. The Balaban J connectivity index is 0.00000288. The summed E-state index contributed by atoms with van der Waals surface area (Å²) in [7, 11) is -4.05.